The molecule has 2 rings (SSSR count). The number of nitrogens with zero attached hydrogens (tertiary/aromatic N) is 2. The molecule has 1 heterocycles. The second kappa shape index (κ2) is 4.97. The lowest BCUT2D eigenvalue weighted by Crippen LogP contribution is -2.13. The molecule has 5 nitrogen and oxygen atoms in total. The first kappa shape index (κ1) is 11.6. The number of nitriles is 1. The number of aromatic hydroxyl groups is 1. The van der Waals surface area contributed by atoms with Crippen LogP contribution in [-0.4, -0.2) is 16.0 Å². The van der Waals surface area contributed by atoms with E-state index >= 15 is 0 Å². The summed E-state index contributed by atoms with van der Waals surface area (Å²) in [4.78, 5) is 15.6. The third-order valence-corrected chi connectivity index (χ3v) is 2.25. The molecule has 0 radical (unpaired) electrons. The Hall–Kier alpha value is -2.87. The molecule has 0 unspecified atom stereocenters. The largest absolute Gasteiger partial charge is 0.505 e. The van der Waals surface area contributed by atoms with Crippen molar-refractivity contribution >= 4 is 11.6 Å². The molecule has 88 valence electrons. The average Bonchev–Trinajstić information content (AvgIpc) is 2.39. The maximum absolute atomic E-state index is 11.8. The van der Waals surface area contributed by atoms with Crippen molar-refractivity contribution in [2.24, 2.45) is 0 Å². The van der Waals surface area contributed by atoms with Gasteiger partial charge in [0.2, 0.25) is 0 Å². The zero-order valence-electron chi connectivity index (χ0n) is 9.29. The predicted molar refractivity (Wildman–Crippen MR) is 65.0 cm³/mol. The molecule has 0 saturated carbocycles. The lowest BCUT2D eigenvalue weighted by atomic mass is 10.2. The summed E-state index contributed by atoms with van der Waals surface area (Å²) in [7, 11) is 0. The molecule has 0 aliphatic rings. The summed E-state index contributed by atoms with van der Waals surface area (Å²) in [6.07, 6.45) is 1.42. The van der Waals surface area contributed by atoms with Gasteiger partial charge in [0, 0.05) is 11.9 Å². The van der Waals surface area contributed by atoms with Crippen LogP contribution in [0.3, 0.4) is 0 Å². The normalized spacial score (nSPS) is 9.50. The van der Waals surface area contributed by atoms with Crippen molar-refractivity contribution in [3.63, 3.8) is 0 Å². The van der Waals surface area contributed by atoms with E-state index in [0.717, 1.165) is 0 Å². The van der Waals surface area contributed by atoms with Crippen LogP contribution >= 0.6 is 0 Å². The van der Waals surface area contributed by atoms with E-state index in [1.54, 1.807) is 18.2 Å². The van der Waals surface area contributed by atoms with Crippen LogP contribution in [0.15, 0.2) is 42.6 Å². The number of carbonyl (C=O) groups is 1. The van der Waals surface area contributed by atoms with Crippen molar-refractivity contribution in [1.29, 1.82) is 5.26 Å². The van der Waals surface area contributed by atoms with Crippen molar-refractivity contribution in [1.82, 2.24) is 4.98 Å². The van der Waals surface area contributed by atoms with Gasteiger partial charge in [-0.3, -0.25) is 4.79 Å². The maximum atomic E-state index is 11.8. The van der Waals surface area contributed by atoms with Crippen LogP contribution in [0.5, 0.6) is 5.75 Å². The van der Waals surface area contributed by atoms with E-state index in [1.807, 2.05) is 6.07 Å². The molecule has 0 fully saturated rings. The van der Waals surface area contributed by atoms with Gasteiger partial charge >= 0.3 is 0 Å². The first-order valence-corrected chi connectivity index (χ1v) is 5.16. The highest BCUT2D eigenvalue weighted by molar-refractivity contribution is 6.04. The molecular weight excluding hydrogens is 230 g/mol. The van der Waals surface area contributed by atoms with E-state index in [1.165, 1.54) is 24.4 Å². The second-order valence-electron chi connectivity index (χ2n) is 3.52. The van der Waals surface area contributed by atoms with Crippen LogP contribution in [0, 0.1) is 11.3 Å². The summed E-state index contributed by atoms with van der Waals surface area (Å²) in [6, 6.07) is 11.4. The highest BCUT2D eigenvalue weighted by Gasteiger charge is 2.12. The van der Waals surface area contributed by atoms with Crippen LogP contribution in [0.1, 0.15) is 16.1 Å². The minimum atomic E-state index is -0.525. The van der Waals surface area contributed by atoms with E-state index < -0.39 is 5.91 Å². The van der Waals surface area contributed by atoms with Gasteiger partial charge in [0.1, 0.15) is 5.75 Å². The number of hydrogen-bond donors (Lipinski definition) is 2. The average molecular weight is 239 g/mol. The van der Waals surface area contributed by atoms with Gasteiger partial charge in [-0.1, -0.05) is 6.07 Å². The Labute approximate surface area is 103 Å². The number of aromatic nitrogens is 1. The van der Waals surface area contributed by atoms with Crippen LogP contribution in [0.25, 0.3) is 0 Å². The monoisotopic (exact) mass is 239 g/mol. The quantitative estimate of drug-likeness (QED) is 0.838. The van der Waals surface area contributed by atoms with Crippen LogP contribution in [-0.2, 0) is 0 Å². The Balaban J connectivity index is 2.22. The fraction of sp³-hybridized carbons (Fsp3) is 0. The molecule has 2 N–H and O–H groups in total. The van der Waals surface area contributed by atoms with Gasteiger partial charge in [0.05, 0.1) is 11.6 Å². The third kappa shape index (κ3) is 2.44. The Bertz CT molecular complexity index is 632. The standard InChI is InChI=1S/C13H9N3O2/c14-8-9-3-1-4-10(7-9)16-13(18)12-11(17)5-2-6-15-12/h1-7,17H,(H,16,18). The van der Waals surface area contributed by atoms with Gasteiger partial charge in [-0.05, 0) is 30.3 Å². The van der Waals surface area contributed by atoms with E-state index in [-0.39, 0.29) is 11.4 Å². The third-order valence-electron chi connectivity index (χ3n) is 2.25. The zero-order chi connectivity index (χ0) is 13.0. The summed E-state index contributed by atoms with van der Waals surface area (Å²) < 4.78 is 0. The molecule has 0 aliphatic heterocycles. The number of benzene rings is 1. The van der Waals surface area contributed by atoms with Crippen molar-refractivity contribution in [2.75, 3.05) is 5.32 Å². The summed E-state index contributed by atoms with van der Waals surface area (Å²) in [5, 5.41) is 20.8. The van der Waals surface area contributed by atoms with Gasteiger partial charge < -0.3 is 10.4 Å². The topological polar surface area (TPSA) is 86.0 Å². The Morgan fingerprint density at radius 3 is 2.89 bits per heavy atom. The van der Waals surface area contributed by atoms with Crippen LogP contribution in [0.4, 0.5) is 5.69 Å². The van der Waals surface area contributed by atoms with E-state index in [4.69, 9.17) is 5.26 Å². The summed E-state index contributed by atoms with van der Waals surface area (Å²) in [6.45, 7) is 0. The predicted octanol–water partition coefficient (Wildman–Crippen LogP) is 1.91. The molecule has 1 aromatic carbocycles. The van der Waals surface area contributed by atoms with Gasteiger partial charge in [-0.25, -0.2) is 4.98 Å². The summed E-state index contributed by atoms with van der Waals surface area (Å²) in [5.74, 6) is -0.713. The van der Waals surface area contributed by atoms with Crippen LogP contribution in [0.2, 0.25) is 0 Å². The summed E-state index contributed by atoms with van der Waals surface area (Å²) >= 11 is 0. The molecule has 1 amide bonds. The molecule has 2 aromatic rings. The molecule has 5 heteroatoms. The molecule has 0 bridgehead atoms. The molecule has 0 saturated heterocycles. The van der Waals surface area contributed by atoms with Crippen LogP contribution < -0.4 is 5.32 Å². The van der Waals surface area contributed by atoms with Gasteiger partial charge in [-0.15, -0.1) is 0 Å². The van der Waals surface area contributed by atoms with Crippen molar-refractivity contribution in [3.8, 4) is 11.8 Å². The molecule has 0 spiro atoms. The van der Waals surface area contributed by atoms with E-state index in [9.17, 15) is 9.90 Å². The van der Waals surface area contributed by atoms with Gasteiger partial charge in [0.25, 0.3) is 5.91 Å². The Morgan fingerprint density at radius 1 is 1.33 bits per heavy atom. The maximum Gasteiger partial charge on any atom is 0.278 e. The lowest BCUT2D eigenvalue weighted by Gasteiger charge is -2.05. The molecule has 1 aromatic heterocycles. The molecule has 0 aliphatic carbocycles. The number of pyridine rings is 1. The Morgan fingerprint density at radius 2 is 2.17 bits per heavy atom. The number of amides is 1. The number of rotatable bonds is 2. The fourth-order valence-corrected chi connectivity index (χ4v) is 1.43. The SMILES string of the molecule is N#Cc1cccc(NC(=O)c2ncccc2O)c1. The number of nitrogens with one attached hydrogen (secondary N) is 1. The first-order chi connectivity index (χ1) is 8.70. The van der Waals surface area contributed by atoms with E-state index in [2.05, 4.69) is 10.3 Å². The van der Waals surface area contributed by atoms with Gasteiger partial charge in [-0.2, -0.15) is 5.26 Å². The van der Waals surface area contributed by atoms with E-state index in [0.29, 0.717) is 11.3 Å². The minimum Gasteiger partial charge on any atom is -0.505 e. The smallest absolute Gasteiger partial charge is 0.278 e. The van der Waals surface area contributed by atoms with Crippen molar-refractivity contribution < 1.29 is 9.90 Å². The molecule has 18 heavy (non-hydrogen) atoms. The number of anilines is 1. The first-order valence-electron chi connectivity index (χ1n) is 5.16. The minimum absolute atomic E-state index is 0.0557. The highest BCUT2D eigenvalue weighted by atomic mass is 16.3. The number of hydrogen-bond acceptors (Lipinski definition) is 4. The molecule has 0 atom stereocenters. The van der Waals surface area contributed by atoms with Crippen molar-refractivity contribution in [2.45, 2.75) is 0 Å². The number of carbonyl (C=O) groups excluding carboxylic acids is 1. The fourth-order valence-electron chi connectivity index (χ4n) is 1.43. The summed E-state index contributed by atoms with van der Waals surface area (Å²) in [5.41, 5.74) is 0.863. The zero-order valence-corrected chi connectivity index (χ0v) is 9.29. The van der Waals surface area contributed by atoms with Gasteiger partial charge in [0.15, 0.2) is 5.69 Å². The molecular formula is C13H9N3O2. The second-order valence-corrected chi connectivity index (χ2v) is 3.52. The highest BCUT2D eigenvalue weighted by Crippen LogP contribution is 2.16. The van der Waals surface area contributed by atoms with Crippen molar-refractivity contribution in [3.05, 3.63) is 53.9 Å². The Kier molecular flexibility index (Phi) is 3.21. The lowest BCUT2D eigenvalue weighted by molar-refractivity contribution is 0.101.